The van der Waals surface area contributed by atoms with E-state index in [2.05, 4.69) is 5.32 Å². The second kappa shape index (κ2) is 6.58. The number of likely N-dealkylation sites (tertiary alicyclic amines) is 1. The molecule has 6 heteroatoms. The SMILES string of the molecule is CC(C)OCCNC(=O)N1CC(C)C(C(=O)O)C1. The molecule has 0 aromatic carbocycles. The van der Waals surface area contributed by atoms with Gasteiger partial charge >= 0.3 is 12.0 Å². The predicted octanol–water partition coefficient (Wildman–Crippen LogP) is 0.773. The van der Waals surface area contributed by atoms with Crippen LogP contribution < -0.4 is 5.32 Å². The summed E-state index contributed by atoms with van der Waals surface area (Å²) in [5.74, 6) is -1.29. The van der Waals surface area contributed by atoms with Gasteiger partial charge in [-0.05, 0) is 19.8 Å². The molecule has 0 spiro atoms. The molecule has 0 saturated carbocycles. The largest absolute Gasteiger partial charge is 0.481 e. The molecule has 2 unspecified atom stereocenters. The molecule has 2 atom stereocenters. The number of amides is 2. The Morgan fingerprint density at radius 1 is 1.44 bits per heavy atom. The number of carboxylic acids is 1. The normalized spacial score (nSPS) is 23.4. The average Bonchev–Trinajstić information content (AvgIpc) is 2.66. The van der Waals surface area contributed by atoms with Crippen molar-refractivity contribution in [2.75, 3.05) is 26.2 Å². The van der Waals surface area contributed by atoms with E-state index in [9.17, 15) is 9.59 Å². The number of hydrogen-bond donors (Lipinski definition) is 2. The Balaban J connectivity index is 2.29. The van der Waals surface area contributed by atoms with E-state index in [1.165, 1.54) is 0 Å². The van der Waals surface area contributed by atoms with Crippen molar-refractivity contribution in [3.05, 3.63) is 0 Å². The first-order valence-electron chi connectivity index (χ1n) is 6.29. The maximum atomic E-state index is 11.8. The lowest BCUT2D eigenvalue weighted by Gasteiger charge is -2.17. The van der Waals surface area contributed by atoms with E-state index in [1.807, 2.05) is 20.8 Å². The number of rotatable bonds is 5. The van der Waals surface area contributed by atoms with E-state index in [0.717, 1.165) is 0 Å². The number of carbonyl (C=O) groups is 2. The fraction of sp³-hybridized carbons (Fsp3) is 0.833. The molecule has 0 aromatic rings. The third kappa shape index (κ3) is 4.18. The summed E-state index contributed by atoms with van der Waals surface area (Å²) in [6.45, 7) is 7.41. The van der Waals surface area contributed by atoms with Crippen LogP contribution in [0.15, 0.2) is 0 Å². The van der Waals surface area contributed by atoms with Gasteiger partial charge in [0.2, 0.25) is 0 Å². The first-order chi connectivity index (χ1) is 8.41. The number of carboxylic acid groups (broad SMARTS) is 1. The van der Waals surface area contributed by atoms with Crippen LogP contribution in [0, 0.1) is 11.8 Å². The standard InChI is InChI=1S/C12H22N2O4/c1-8(2)18-5-4-13-12(17)14-6-9(3)10(7-14)11(15)16/h8-10H,4-7H2,1-3H3,(H,13,17)(H,15,16). The van der Waals surface area contributed by atoms with Gasteiger partial charge in [-0.2, -0.15) is 0 Å². The number of hydrogen-bond acceptors (Lipinski definition) is 3. The Labute approximate surface area is 107 Å². The summed E-state index contributed by atoms with van der Waals surface area (Å²) in [6, 6.07) is -0.210. The lowest BCUT2D eigenvalue weighted by Crippen LogP contribution is -2.40. The molecule has 0 bridgehead atoms. The van der Waals surface area contributed by atoms with E-state index in [4.69, 9.17) is 9.84 Å². The minimum Gasteiger partial charge on any atom is -0.481 e. The van der Waals surface area contributed by atoms with Crippen molar-refractivity contribution in [3.8, 4) is 0 Å². The highest BCUT2D eigenvalue weighted by molar-refractivity contribution is 5.77. The Hall–Kier alpha value is -1.30. The van der Waals surface area contributed by atoms with Crippen molar-refractivity contribution in [1.82, 2.24) is 10.2 Å². The molecule has 1 rings (SSSR count). The summed E-state index contributed by atoms with van der Waals surface area (Å²) in [6.07, 6.45) is 0.144. The van der Waals surface area contributed by atoms with Gasteiger partial charge in [0.1, 0.15) is 0 Å². The van der Waals surface area contributed by atoms with Gasteiger partial charge in [0.25, 0.3) is 0 Å². The second-order valence-corrected chi connectivity index (χ2v) is 4.98. The molecular formula is C12H22N2O4. The fourth-order valence-electron chi connectivity index (χ4n) is 2.02. The lowest BCUT2D eigenvalue weighted by molar-refractivity contribution is -0.142. The minimum absolute atomic E-state index is 0.000152. The highest BCUT2D eigenvalue weighted by atomic mass is 16.5. The summed E-state index contributed by atoms with van der Waals surface area (Å²) in [5.41, 5.74) is 0. The van der Waals surface area contributed by atoms with Gasteiger partial charge in [0, 0.05) is 19.6 Å². The zero-order chi connectivity index (χ0) is 13.7. The van der Waals surface area contributed by atoms with E-state index in [0.29, 0.717) is 19.7 Å². The van der Waals surface area contributed by atoms with Crippen molar-refractivity contribution < 1.29 is 19.4 Å². The highest BCUT2D eigenvalue weighted by Crippen LogP contribution is 2.22. The highest BCUT2D eigenvalue weighted by Gasteiger charge is 2.36. The Bertz CT molecular complexity index is 306. The van der Waals surface area contributed by atoms with Crippen LogP contribution in [0.1, 0.15) is 20.8 Å². The summed E-state index contributed by atoms with van der Waals surface area (Å²) >= 11 is 0. The van der Waals surface area contributed by atoms with Crippen LogP contribution in [0.5, 0.6) is 0 Å². The van der Waals surface area contributed by atoms with Gasteiger partial charge in [-0.3, -0.25) is 4.79 Å². The quantitative estimate of drug-likeness (QED) is 0.714. The molecule has 104 valence electrons. The van der Waals surface area contributed by atoms with Crippen LogP contribution in [-0.2, 0) is 9.53 Å². The summed E-state index contributed by atoms with van der Waals surface area (Å²) in [7, 11) is 0. The van der Waals surface area contributed by atoms with Gasteiger partial charge in [-0.1, -0.05) is 6.92 Å². The topological polar surface area (TPSA) is 78.9 Å². The first kappa shape index (κ1) is 14.8. The van der Waals surface area contributed by atoms with Crippen molar-refractivity contribution in [2.45, 2.75) is 26.9 Å². The fourth-order valence-corrected chi connectivity index (χ4v) is 2.02. The maximum Gasteiger partial charge on any atom is 0.317 e. The molecule has 18 heavy (non-hydrogen) atoms. The Morgan fingerprint density at radius 3 is 2.61 bits per heavy atom. The van der Waals surface area contributed by atoms with E-state index in [1.54, 1.807) is 4.90 Å². The zero-order valence-electron chi connectivity index (χ0n) is 11.2. The van der Waals surface area contributed by atoms with Crippen LogP contribution in [0.4, 0.5) is 4.79 Å². The molecule has 1 saturated heterocycles. The van der Waals surface area contributed by atoms with E-state index >= 15 is 0 Å². The van der Waals surface area contributed by atoms with Crippen LogP contribution in [0.25, 0.3) is 0 Å². The van der Waals surface area contributed by atoms with Crippen molar-refractivity contribution in [3.63, 3.8) is 0 Å². The van der Waals surface area contributed by atoms with Gasteiger partial charge in [0.15, 0.2) is 0 Å². The summed E-state index contributed by atoms with van der Waals surface area (Å²) in [4.78, 5) is 24.3. The zero-order valence-corrected chi connectivity index (χ0v) is 11.2. The van der Waals surface area contributed by atoms with Gasteiger partial charge < -0.3 is 20.1 Å². The van der Waals surface area contributed by atoms with Gasteiger partial charge in [-0.25, -0.2) is 4.79 Å². The van der Waals surface area contributed by atoms with Crippen molar-refractivity contribution in [2.24, 2.45) is 11.8 Å². The molecule has 1 aliphatic heterocycles. The van der Waals surface area contributed by atoms with Crippen molar-refractivity contribution >= 4 is 12.0 Å². The molecule has 0 aromatic heterocycles. The molecule has 1 heterocycles. The van der Waals surface area contributed by atoms with Crippen LogP contribution in [0.2, 0.25) is 0 Å². The van der Waals surface area contributed by atoms with Crippen LogP contribution in [-0.4, -0.2) is 54.4 Å². The maximum absolute atomic E-state index is 11.8. The van der Waals surface area contributed by atoms with Gasteiger partial charge in [0.05, 0.1) is 18.6 Å². The van der Waals surface area contributed by atoms with E-state index < -0.39 is 11.9 Å². The third-order valence-electron chi connectivity index (χ3n) is 3.05. The number of urea groups is 1. The first-order valence-corrected chi connectivity index (χ1v) is 6.29. The Kier molecular flexibility index (Phi) is 5.40. The van der Waals surface area contributed by atoms with Crippen LogP contribution >= 0.6 is 0 Å². The Morgan fingerprint density at radius 2 is 2.11 bits per heavy atom. The molecule has 2 N–H and O–H groups in total. The summed E-state index contributed by atoms with van der Waals surface area (Å²) < 4.78 is 5.31. The second-order valence-electron chi connectivity index (χ2n) is 4.98. The summed E-state index contributed by atoms with van der Waals surface area (Å²) in [5, 5.41) is 11.7. The molecule has 2 amide bonds. The third-order valence-corrected chi connectivity index (χ3v) is 3.05. The number of nitrogens with zero attached hydrogens (tertiary/aromatic N) is 1. The average molecular weight is 258 g/mol. The number of carbonyl (C=O) groups excluding carboxylic acids is 1. The monoisotopic (exact) mass is 258 g/mol. The lowest BCUT2D eigenvalue weighted by atomic mass is 9.99. The molecule has 6 nitrogen and oxygen atoms in total. The van der Waals surface area contributed by atoms with Crippen molar-refractivity contribution in [1.29, 1.82) is 0 Å². The smallest absolute Gasteiger partial charge is 0.317 e. The number of ether oxygens (including phenoxy) is 1. The molecule has 0 aliphatic carbocycles. The van der Waals surface area contributed by atoms with Gasteiger partial charge in [-0.15, -0.1) is 0 Å². The van der Waals surface area contributed by atoms with E-state index in [-0.39, 0.29) is 24.6 Å². The predicted molar refractivity (Wildman–Crippen MR) is 66.3 cm³/mol. The molecular weight excluding hydrogens is 236 g/mol. The molecule has 0 radical (unpaired) electrons. The minimum atomic E-state index is -0.832. The number of aliphatic carboxylic acids is 1. The molecule has 1 fully saturated rings. The van der Waals surface area contributed by atoms with Crippen LogP contribution in [0.3, 0.4) is 0 Å². The molecule has 1 aliphatic rings. The number of nitrogens with one attached hydrogen (secondary N) is 1.